The lowest BCUT2D eigenvalue weighted by atomic mass is 10.0. The van der Waals surface area contributed by atoms with Crippen molar-refractivity contribution < 1.29 is 28.7 Å². The van der Waals surface area contributed by atoms with Gasteiger partial charge >= 0.3 is 0 Å². The molecule has 0 spiro atoms. The summed E-state index contributed by atoms with van der Waals surface area (Å²) in [5, 5.41) is 11.2. The van der Waals surface area contributed by atoms with Crippen LogP contribution in [0.25, 0.3) is 0 Å². The average Bonchev–Trinajstić information content (AvgIpc) is 3.76. The van der Waals surface area contributed by atoms with Gasteiger partial charge in [0.2, 0.25) is 23.6 Å². The number of nitrogens with one attached hydrogen (secondary N) is 5. The number of hydrogen-bond acceptors (Lipinski definition) is 7. The van der Waals surface area contributed by atoms with Crippen LogP contribution in [0.3, 0.4) is 0 Å². The molecule has 13 heteroatoms. The summed E-state index contributed by atoms with van der Waals surface area (Å²) in [7, 11) is 0. The molecular formula is C33H39N7O6. The normalized spacial score (nSPS) is 22.8. The van der Waals surface area contributed by atoms with E-state index in [1.165, 1.54) is 11.8 Å². The Balaban J connectivity index is 1.35. The van der Waals surface area contributed by atoms with Crippen molar-refractivity contribution in [3.8, 4) is 5.75 Å². The summed E-state index contributed by atoms with van der Waals surface area (Å²) in [6.45, 7) is 1.87. The first-order valence-corrected chi connectivity index (χ1v) is 15.5. The maximum atomic E-state index is 13.8. The minimum Gasteiger partial charge on any atom is -0.484 e. The average molecular weight is 630 g/mol. The Morgan fingerprint density at radius 2 is 1.78 bits per heavy atom. The Hall–Kier alpha value is -5.20. The smallest absolute Gasteiger partial charge is 0.258 e. The highest BCUT2D eigenvalue weighted by molar-refractivity contribution is 5.96. The van der Waals surface area contributed by atoms with Gasteiger partial charge in [-0.2, -0.15) is 0 Å². The number of H-pyrrole nitrogens is 1. The fourth-order valence-electron chi connectivity index (χ4n) is 5.64. The molecule has 1 fully saturated rings. The number of imidazole rings is 1. The summed E-state index contributed by atoms with van der Waals surface area (Å²) in [6, 6.07) is 12.5. The van der Waals surface area contributed by atoms with Crippen molar-refractivity contribution in [2.45, 2.75) is 63.2 Å². The molecule has 4 heterocycles. The summed E-state index contributed by atoms with van der Waals surface area (Å²) < 4.78 is 5.71. The maximum absolute atomic E-state index is 13.8. The number of nitrogens with zero attached hydrogens (tertiary/aromatic N) is 2. The number of benzene rings is 2. The van der Waals surface area contributed by atoms with Gasteiger partial charge in [0.15, 0.2) is 6.61 Å². The van der Waals surface area contributed by atoms with Crippen LogP contribution >= 0.6 is 0 Å². The van der Waals surface area contributed by atoms with E-state index >= 15 is 0 Å². The first kappa shape index (κ1) is 32.2. The van der Waals surface area contributed by atoms with Gasteiger partial charge in [0.25, 0.3) is 5.91 Å². The van der Waals surface area contributed by atoms with Crippen LogP contribution in [-0.4, -0.2) is 88.3 Å². The molecule has 6 rings (SSSR count). The van der Waals surface area contributed by atoms with E-state index in [0.717, 1.165) is 16.8 Å². The zero-order chi connectivity index (χ0) is 32.5. The number of ether oxygens (including phenoxy) is 1. The number of amides is 5. The second-order valence-corrected chi connectivity index (χ2v) is 11.5. The Morgan fingerprint density at radius 1 is 1.00 bits per heavy atom. The molecule has 1 saturated heterocycles. The number of hydrogen-bond donors (Lipinski definition) is 5. The first-order chi connectivity index (χ1) is 22.3. The van der Waals surface area contributed by atoms with Crippen LogP contribution in [0.5, 0.6) is 5.75 Å². The highest BCUT2D eigenvalue weighted by atomic mass is 16.5. The van der Waals surface area contributed by atoms with Gasteiger partial charge in [0, 0.05) is 44.2 Å². The van der Waals surface area contributed by atoms with E-state index in [1.807, 2.05) is 30.3 Å². The largest absolute Gasteiger partial charge is 0.484 e. The van der Waals surface area contributed by atoms with Gasteiger partial charge in [-0.15, -0.1) is 0 Å². The molecule has 2 aromatic carbocycles. The van der Waals surface area contributed by atoms with Crippen molar-refractivity contribution in [3.05, 3.63) is 83.9 Å². The van der Waals surface area contributed by atoms with E-state index in [-0.39, 0.29) is 31.3 Å². The minimum atomic E-state index is -0.983. The Morgan fingerprint density at radius 3 is 2.52 bits per heavy atom. The van der Waals surface area contributed by atoms with Crippen molar-refractivity contribution in [1.29, 1.82) is 0 Å². The van der Waals surface area contributed by atoms with Crippen LogP contribution in [0.4, 0.5) is 0 Å². The number of aromatic amines is 1. The van der Waals surface area contributed by atoms with Gasteiger partial charge in [-0.3, -0.25) is 24.0 Å². The van der Waals surface area contributed by atoms with Crippen LogP contribution < -0.4 is 26.0 Å². The molecule has 0 radical (unpaired) electrons. The third-order valence-electron chi connectivity index (χ3n) is 8.12. The van der Waals surface area contributed by atoms with E-state index in [2.05, 4.69) is 31.2 Å². The third-order valence-corrected chi connectivity index (χ3v) is 8.12. The second-order valence-electron chi connectivity index (χ2n) is 11.5. The standard InChI is InChI=1S/C33H39N7O6/c1-21-30(42)39-26(31(43)35-14-13-24-18-34-20-36-24)16-23-9-11-25(12-10-23)46-19-29(41)38-27(17-22-6-3-2-4-7-22)33(45)40-15-5-8-28(40)32(44)37-21/h2-4,6-7,9-12,18,20-21,26-28H,5,8,13-17,19H2,1H3,(H,34,36)(H,35,43)(H,37,44)(H,38,41)(H,39,42)/t21-,26-,27+,28+/m0/s1. The van der Waals surface area contributed by atoms with Crippen molar-refractivity contribution in [3.63, 3.8) is 0 Å². The van der Waals surface area contributed by atoms with E-state index in [0.29, 0.717) is 38.1 Å². The molecule has 5 amide bonds. The number of rotatable bonds is 6. The SMILES string of the molecule is C[C@@H]1NC(=O)[C@H]2CCCN2C(=O)[C@@H](Cc2ccccc2)NC(=O)COc2ccc(cc2)C[C@@H](C(=O)NCCc2cnc[nH]2)NC1=O. The van der Waals surface area contributed by atoms with Crippen LogP contribution in [0, 0.1) is 0 Å². The summed E-state index contributed by atoms with van der Waals surface area (Å²) in [6.07, 6.45) is 5.17. The molecule has 2 bridgehead atoms. The monoisotopic (exact) mass is 629 g/mol. The van der Waals surface area contributed by atoms with Gasteiger partial charge in [-0.05, 0) is 43.0 Å². The molecule has 0 unspecified atom stereocenters. The predicted octanol–water partition coefficient (Wildman–Crippen LogP) is 0.412. The van der Waals surface area contributed by atoms with Gasteiger partial charge in [0.05, 0.1) is 6.33 Å². The van der Waals surface area contributed by atoms with Gasteiger partial charge in [-0.25, -0.2) is 4.98 Å². The lowest BCUT2D eigenvalue weighted by molar-refractivity contribution is -0.142. The summed E-state index contributed by atoms with van der Waals surface area (Å²) in [5.41, 5.74) is 2.45. The minimum absolute atomic E-state index is 0.176. The Labute approximate surface area is 266 Å². The lowest BCUT2D eigenvalue weighted by Gasteiger charge is -2.29. The molecule has 4 atom stereocenters. The summed E-state index contributed by atoms with van der Waals surface area (Å²) >= 11 is 0. The van der Waals surface area contributed by atoms with E-state index in [9.17, 15) is 24.0 Å². The topological polar surface area (TPSA) is 175 Å². The molecule has 0 saturated carbocycles. The third kappa shape index (κ3) is 8.49. The molecule has 3 aliphatic rings. The quantitative estimate of drug-likeness (QED) is 0.263. The van der Waals surface area contributed by atoms with Crippen molar-refractivity contribution in [2.24, 2.45) is 0 Å². The molecule has 1 aromatic heterocycles. The van der Waals surface area contributed by atoms with Gasteiger partial charge < -0.3 is 35.9 Å². The summed E-state index contributed by atoms with van der Waals surface area (Å²) in [4.78, 5) is 75.3. The van der Waals surface area contributed by atoms with E-state index in [4.69, 9.17) is 4.74 Å². The van der Waals surface area contributed by atoms with Crippen molar-refractivity contribution in [1.82, 2.24) is 36.1 Å². The number of fused-ring (bicyclic) bond motifs is 13. The fraction of sp³-hybridized carbons (Fsp3) is 0.394. The van der Waals surface area contributed by atoms with Crippen molar-refractivity contribution in [2.75, 3.05) is 19.7 Å². The number of carbonyl (C=O) groups is 5. The molecule has 5 N–H and O–H groups in total. The maximum Gasteiger partial charge on any atom is 0.258 e. The molecule has 13 nitrogen and oxygen atoms in total. The zero-order valence-corrected chi connectivity index (χ0v) is 25.7. The van der Waals surface area contributed by atoms with Gasteiger partial charge in [0.1, 0.15) is 29.9 Å². The summed E-state index contributed by atoms with van der Waals surface area (Å²) in [5.74, 6) is -1.84. The molecular weight excluding hydrogens is 590 g/mol. The second kappa shape index (κ2) is 15.2. The van der Waals surface area contributed by atoms with Crippen molar-refractivity contribution >= 4 is 29.5 Å². The number of carbonyl (C=O) groups excluding carboxylic acids is 5. The Bertz CT molecular complexity index is 1510. The highest BCUT2D eigenvalue weighted by Gasteiger charge is 2.38. The lowest BCUT2D eigenvalue weighted by Crippen LogP contribution is -2.58. The molecule has 242 valence electrons. The molecule has 3 aromatic rings. The van der Waals surface area contributed by atoms with Crippen LogP contribution in [-0.2, 0) is 43.2 Å². The zero-order valence-electron chi connectivity index (χ0n) is 25.7. The molecule has 3 aliphatic heterocycles. The van der Waals surface area contributed by atoms with E-state index < -0.39 is 41.9 Å². The number of aromatic nitrogens is 2. The van der Waals surface area contributed by atoms with E-state index in [1.54, 1.807) is 36.8 Å². The predicted molar refractivity (Wildman–Crippen MR) is 167 cm³/mol. The fourth-order valence-corrected chi connectivity index (χ4v) is 5.64. The van der Waals surface area contributed by atoms with Crippen LogP contribution in [0.1, 0.15) is 36.6 Å². The van der Waals surface area contributed by atoms with Gasteiger partial charge in [-0.1, -0.05) is 42.5 Å². The first-order valence-electron chi connectivity index (χ1n) is 15.5. The molecule has 0 aliphatic carbocycles. The molecule has 46 heavy (non-hydrogen) atoms. The Kier molecular flexibility index (Phi) is 10.6. The van der Waals surface area contributed by atoms with Crippen LogP contribution in [0.2, 0.25) is 0 Å². The van der Waals surface area contributed by atoms with Crippen LogP contribution in [0.15, 0.2) is 67.1 Å². The highest BCUT2D eigenvalue weighted by Crippen LogP contribution is 2.20.